The smallest absolute Gasteiger partial charge is 0.417 e. The number of alkyl halides is 3. The third-order valence-corrected chi connectivity index (χ3v) is 8.01. The lowest BCUT2D eigenvalue weighted by molar-refractivity contribution is -0.138. The summed E-state index contributed by atoms with van der Waals surface area (Å²) in [4.78, 5) is 11.2. The molecule has 1 heterocycles. The third-order valence-electron chi connectivity index (χ3n) is 8.01. The van der Waals surface area contributed by atoms with Gasteiger partial charge in [0.1, 0.15) is 23.9 Å². The standard InChI is InChI=1S/C32H32F4O5/c1-17(19-6-9-23-20(13-28(37)38)15-40-27(23)12-19)22-10-11-24-29(25(32(34,35)36)14-26(33)30(22)24)18-4-7-21(8-5-18)41-16-31(2,3)39/h4-9,12,14,17,20,22,39H,10-11,13,15-16H2,1-3H3,(H,37,38)/t17-,20?,22?/m1/s1. The SMILES string of the molecule is C[C@H](c1ccc2c(c1)OCC2CC(=O)O)C1CCc2c(-c3ccc(OCC(C)(C)O)cc3)c(C(F)(F)F)cc(F)c21. The summed E-state index contributed by atoms with van der Waals surface area (Å²) in [5.41, 5.74) is 0.532. The van der Waals surface area contributed by atoms with Crippen LogP contribution >= 0.6 is 0 Å². The second-order valence-corrected chi connectivity index (χ2v) is 11.6. The first-order valence-corrected chi connectivity index (χ1v) is 13.6. The number of rotatable bonds is 8. The molecule has 2 aliphatic rings. The molecule has 41 heavy (non-hydrogen) atoms. The molecule has 3 aromatic rings. The number of hydrogen-bond acceptors (Lipinski definition) is 4. The quantitative estimate of drug-likeness (QED) is 0.274. The van der Waals surface area contributed by atoms with E-state index in [0.717, 1.165) is 11.1 Å². The zero-order chi connectivity index (χ0) is 29.7. The van der Waals surface area contributed by atoms with E-state index in [1.807, 2.05) is 25.1 Å². The fraction of sp³-hybridized carbons (Fsp3) is 0.406. The van der Waals surface area contributed by atoms with Crippen molar-refractivity contribution in [2.45, 2.75) is 69.6 Å². The summed E-state index contributed by atoms with van der Waals surface area (Å²) in [6, 6.07) is 12.3. The molecule has 1 aliphatic carbocycles. The van der Waals surface area contributed by atoms with E-state index in [2.05, 4.69) is 0 Å². The monoisotopic (exact) mass is 572 g/mol. The van der Waals surface area contributed by atoms with Crippen LogP contribution in [0.2, 0.25) is 0 Å². The van der Waals surface area contributed by atoms with Crippen molar-refractivity contribution in [2.24, 2.45) is 0 Å². The van der Waals surface area contributed by atoms with Crippen LogP contribution in [0, 0.1) is 5.82 Å². The van der Waals surface area contributed by atoms with Gasteiger partial charge in [-0.2, -0.15) is 13.2 Å². The molecule has 1 aliphatic heterocycles. The van der Waals surface area contributed by atoms with Crippen molar-refractivity contribution in [3.05, 3.63) is 82.2 Å². The second-order valence-electron chi connectivity index (χ2n) is 11.6. The Morgan fingerprint density at radius 3 is 2.46 bits per heavy atom. The highest BCUT2D eigenvalue weighted by Crippen LogP contribution is 2.51. The molecule has 0 saturated heterocycles. The molecule has 3 aromatic carbocycles. The molecule has 9 heteroatoms. The van der Waals surface area contributed by atoms with Gasteiger partial charge < -0.3 is 19.7 Å². The fourth-order valence-corrected chi connectivity index (χ4v) is 6.04. The minimum absolute atomic E-state index is 0.0135. The molecule has 0 radical (unpaired) electrons. The van der Waals surface area contributed by atoms with Crippen molar-refractivity contribution >= 4 is 5.97 Å². The van der Waals surface area contributed by atoms with Crippen molar-refractivity contribution in [2.75, 3.05) is 13.2 Å². The van der Waals surface area contributed by atoms with Gasteiger partial charge in [0.25, 0.3) is 0 Å². The summed E-state index contributed by atoms with van der Waals surface area (Å²) in [5, 5.41) is 19.1. The predicted octanol–water partition coefficient (Wildman–Crippen LogP) is 7.45. The van der Waals surface area contributed by atoms with Crippen LogP contribution in [0.3, 0.4) is 0 Å². The van der Waals surface area contributed by atoms with E-state index >= 15 is 4.39 Å². The average molecular weight is 573 g/mol. The van der Waals surface area contributed by atoms with Crippen molar-refractivity contribution in [3.8, 4) is 22.6 Å². The minimum Gasteiger partial charge on any atom is -0.493 e. The second kappa shape index (κ2) is 10.7. The van der Waals surface area contributed by atoms with Crippen molar-refractivity contribution < 1.29 is 42.0 Å². The highest BCUT2D eigenvalue weighted by molar-refractivity contribution is 5.75. The van der Waals surface area contributed by atoms with E-state index < -0.39 is 29.1 Å². The molecule has 2 unspecified atom stereocenters. The van der Waals surface area contributed by atoms with Crippen molar-refractivity contribution in [1.29, 1.82) is 0 Å². The summed E-state index contributed by atoms with van der Waals surface area (Å²) in [6.45, 7) is 5.38. The lowest BCUT2D eigenvalue weighted by Crippen LogP contribution is -2.27. The Hall–Kier alpha value is -3.59. The van der Waals surface area contributed by atoms with E-state index in [4.69, 9.17) is 14.6 Å². The highest BCUT2D eigenvalue weighted by Gasteiger charge is 2.41. The number of benzene rings is 3. The summed E-state index contributed by atoms with van der Waals surface area (Å²) >= 11 is 0. The van der Waals surface area contributed by atoms with Gasteiger partial charge in [-0.05, 0) is 90.6 Å². The zero-order valence-corrected chi connectivity index (χ0v) is 23.0. The number of aliphatic hydroxyl groups is 1. The van der Waals surface area contributed by atoms with Gasteiger partial charge in [0.2, 0.25) is 0 Å². The summed E-state index contributed by atoms with van der Waals surface area (Å²) < 4.78 is 69.5. The van der Waals surface area contributed by atoms with Gasteiger partial charge in [-0.1, -0.05) is 31.2 Å². The number of hydrogen-bond donors (Lipinski definition) is 2. The Bertz CT molecular complexity index is 1460. The van der Waals surface area contributed by atoms with Gasteiger partial charge in [0.15, 0.2) is 0 Å². The Morgan fingerprint density at radius 2 is 1.83 bits per heavy atom. The molecule has 0 fully saturated rings. The molecule has 0 bridgehead atoms. The largest absolute Gasteiger partial charge is 0.493 e. The van der Waals surface area contributed by atoms with Gasteiger partial charge >= 0.3 is 12.1 Å². The number of carboxylic acid groups (broad SMARTS) is 1. The van der Waals surface area contributed by atoms with E-state index in [0.29, 0.717) is 47.1 Å². The fourth-order valence-electron chi connectivity index (χ4n) is 6.04. The van der Waals surface area contributed by atoms with Crippen LogP contribution in [0.5, 0.6) is 11.5 Å². The van der Waals surface area contributed by atoms with Crippen LogP contribution in [0.15, 0.2) is 48.5 Å². The van der Waals surface area contributed by atoms with Gasteiger partial charge in [-0.3, -0.25) is 4.79 Å². The molecule has 2 N–H and O–H groups in total. The Kier molecular flexibility index (Phi) is 7.53. The maximum absolute atomic E-state index is 15.5. The number of halogens is 4. The lowest BCUT2D eigenvalue weighted by Gasteiger charge is -2.24. The predicted molar refractivity (Wildman–Crippen MR) is 145 cm³/mol. The number of fused-ring (bicyclic) bond motifs is 2. The number of carboxylic acids is 1. The van der Waals surface area contributed by atoms with Crippen LogP contribution < -0.4 is 9.47 Å². The summed E-state index contributed by atoms with van der Waals surface area (Å²) in [6.07, 6.45) is -4.03. The maximum atomic E-state index is 15.5. The van der Waals surface area contributed by atoms with Gasteiger partial charge in [0, 0.05) is 11.5 Å². The molecule has 0 aromatic heterocycles. The van der Waals surface area contributed by atoms with E-state index in [-0.39, 0.29) is 43.0 Å². The molecule has 5 nitrogen and oxygen atoms in total. The van der Waals surface area contributed by atoms with E-state index in [1.54, 1.807) is 26.0 Å². The molecular weight excluding hydrogens is 540 g/mol. The molecule has 0 spiro atoms. The summed E-state index contributed by atoms with van der Waals surface area (Å²) in [7, 11) is 0. The first-order valence-electron chi connectivity index (χ1n) is 13.6. The van der Waals surface area contributed by atoms with Crippen LogP contribution in [-0.4, -0.2) is 35.0 Å². The van der Waals surface area contributed by atoms with Crippen LogP contribution in [0.25, 0.3) is 11.1 Å². The number of ether oxygens (including phenoxy) is 2. The molecule has 3 atom stereocenters. The average Bonchev–Trinajstić information content (AvgIpc) is 3.51. The van der Waals surface area contributed by atoms with Gasteiger partial charge in [-0.25, -0.2) is 4.39 Å². The molecule has 0 amide bonds. The highest BCUT2D eigenvalue weighted by atomic mass is 19.4. The van der Waals surface area contributed by atoms with Crippen LogP contribution in [-0.2, 0) is 17.4 Å². The molecule has 0 saturated carbocycles. The molecular formula is C32H32F4O5. The van der Waals surface area contributed by atoms with Crippen LogP contribution in [0.1, 0.15) is 79.2 Å². The van der Waals surface area contributed by atoms with E-state index in [9.17, 15) is 23.1 Å². The molecule has 5 rings (SSSR count). The Balaban J connectivity index is 1.50. The molecule has 218 valence electrons. The summed E-state index contributed by atoms with van der Waals surface area (Å²) in [5.74, 6) is -1.60. The Morgan fingerprint density at radius 1 is 1.12 bits per heavy atom. The first-order chi connectivity index (χ1) is 19.2. The number of aliphatic carboxylic acids is 1. The first kappa shape index (κ1) is 28.9. The third kappa shape index (κ3) is 5.91. The van der Waals surface area contributed by atoms with Crippen molar-refractivity contribution in [3.63, 3.8) is 0 Å². The van der Waals surface area contributed by atoms with E-state index in [1.165, 1.54) is 12.1 Å². The van der Waals surface area contributed by atoms with Gasteiger partial charge in [0.05, 0.1) is 24.2 Å². The van der Waals surface area contributed by atoms with Gasteiger partial charge in [-0.15, -0.1) is 0 Å². The maximum Gasteiger partial charge on any atom is 0.417 e. The minimum atomic E-state index is -4.76. The topological polar surface area (TPSA) is 76.0 Å². The number of carbonyl (C=O) groups is 1. The zero-order valence-electron chi connectivity index (χ0n) is 23.0. The Labute approximate surface area is 235 Å². The normalized spacial score (nSPS) is 18.9. The lowest BCUT2D eigenvalue weighted by atomic mass is 9.81. The van der Waals surface area contributed by atoms with Crippen molar-refractivity contribution in [1.82, 2.24) is 0 Å². The van der Waals surface area contributed by atoms with Crippen LogP contribution in [0.4, 0.5) is 17.6 Å².